The molecule has 0 aliphatic carbocycles. The molecule has 0 heterocycles. The van der Waals surface area contributed by atoms with Gasteiger partial charge in [-0.3, -0.25) is 9.10 Å². The number of carbonyl (C=O) groups excluding carboxylic acids is 1. The molecule has 0 radical (unpaired) electrons. The van der Waals surface area contributed by atoms with E-state index < -0.39 is 15.9 Å². The number of fused-ring (bicyclic) bond motifs is 1. The molecule has 0 atom stereocenters. The van der Waals surface area contributed by atoms with Crippen LogP contribution in [0.2, 0.25) is 0 Å². The van der Waals surface area contributed by atoms with Gasteiger partial charge in [-0.25, -0.2) is 8.42 Å². The Hall–Kier alpha value is -2.86. The summed E-state index contributed by atoms with van der Waals surface area (Å²) in [5.41, 5.74) is 5.89. The molecule has 2 N–H and O–H groups in total. The first-order valence-electron chi connectivity index (χ1n) is 7.27. The number of carbonyl (C=O) groups is 1. The van der Waals surface area contributed by atoms with Gasteiger partial charge in [0.05, 0.1) is 10.6 Å². The first-order valence-corrected chi connectivity index (χ1v) is 8.71. The Kier molecular flexibility index (Phi) is 3.99. The van der Waals surface area contributed by atoms with Gasteiger partial charge in [0.15, 0.2) is 0 Å². The van der Waals surface area contributed by atoms with Crippen LogP contribution in [-0.2, 0) is 10.0 Å². The van der Waals surface area contributed by atoms with Gasteiger partial charge in [-0.15, -0.1) is 0 Å². The monoisotopic (exact) mass is 340 g/mol. The predicted octanol–water partition coefficient (Wildman–Crippen LogP) is 2.76. The van der Waals surface area contributed by atoms with Gasteiger partial charge in [0, 0.05) is 12.6 Å². The third-order valence-corrected chi connectivity index (χ3v) is 5.66. The minimum atomic E-state index is -3.74. The van der Waals surface area contributed by atoms with Crippen LogP contribution in [0.25, 0.3) is 10.8 Å². The molecule has 6 heteroatoms. The van der Waals surface area contributed by atoms with Gasteiger partial charge in [-0.05, 0) is 41.1 Å². The van der Waals surface area contributed by atoms with Crippen LogP contribution < -0.4 is 10.0 Å². The van der Waals surface area contributed by atoms with Crippen molar-refractivity contribution in [3.05, 3.63) is 72.3 Å². The van der Waals surface area contributed by atoms with E-state index in [2.05, 4.69) is 0 Å². The molecular weight excluding hydrogens is 324 g/mol. The van der Waals surface area contributed by atoms with Crippen LogP contribution in [0.4, 0.5) is 5.69 Å². The number of rotatable bonds is 4. The average Bonchev–Trinajstić information content (AvgIpc) is 2.60. The van der Waals surface area contributed by atoms with E-state index >= 15 is 0 Å². The van der Waals surface area contributed by atoms with E-state index in [1.165, 1.54) is 13.1 Å². The molecule has 1 amide bonds. The molecule has 122 valence electrons. The number of hydrogen-bond acceptors (Lipinski definition) is 3. The lowest BCUT2D eigenvalue weighted by Crippen LogP contribution is -2.27. The summed E-state index contributed by atoms with van der Waals surface area (Å²) in [5, 5.41) is 1.81. The third kappa shape index (κ3) is 2.83. The quantitative estimate of drug-likeness (QED) is 0.793. The van der Waals surface area contributed by atoms with E-state index in [4.69, 9.17) is 5.73 Å². The van der Waals surface area contributed by atoms with Gasteiger partial charge < -0.3 is 5.73 Å². The number of nitrogens with two attached hydrogens (primary N) is 1. The Bertz CT molecular complexity index is 1030. The highest BCUT2D eigenvalue weighted by Gasteiger charge is 2.22. The summed E-state index contributed by atoms with van der Waals surface area (Å²) in [4.78, 5) is 11.5. The van der Waals surface area contributed by atoms with Gasteiger partial charge >= 0.3 is 0 Å². The summed E-state index contributed by atoms with van der Waals surface area (Å²) in [6, 6.07) is 18.8. The Morgan fingerprint density at radius 3 is 2.33 bits per heavy atom. The van der Waals surface area contributed by atoms with Crippen molar-refractivity contribution in [2.45, 2.75) is 4.90 Å². The fourth-order valence-corrected chi connectivity index (χ4v) is 3.70. The molecule has 0 aliphatic rings. The zero-order chi connectivity index (χ0) is 17.3. The Labute approximate surface area is 140 Å². The maximum absolute atomic E-state index is 12.9. The molecule has 5 nitrogen and oxygen atoms in total. The lowest BCUT2D eigenvalue weighted by Gasteiger charge is -2.20. The SMILES string of the molecule is CN(c1cccc(C(N)=O)c1)S(=O)(=O)c1ccc2ccccc2c1. The van der Waals surface area contributed by atoms with Crippen LogP contribution in [0.5, 0.6) is 0 Å². The van der Waals surface area contributed by atoms with E-state index in [1.54, 1.807) is 36.4 Å². The van der Waals surface area contributed by atoms with Crippen molar-refractivity contribution >= 4 is 32.4 Å². The molecule has 0 saturated carbocycles. The maximum Gasteiger partial charge on any atom is 0.264 e. The molecular formula is C18H16N2O3S. The highest BCUT2D eigenvalue weighted by Crippen LogP contribution is 2.25. The molecule has 0 aliphatic heterocycles. The summed E-state index contributed by atoms with van der Waals surface area (Å²) < 4.78 is 26.9. The molecule has 0 saturated heterocycles. The first kappa shape index (κ1) is 16.0. The van der Waals surface area contributed by atoms with E-state index in [9.17, 15) is 13.2 Å². The molecule has 0 aromatic heterocycles. The van der Waals surface area contributed by atoms with Crippen molar-refractivity contribution in [3.8, 4) is 0 Å². The molecule has 3 rings (SSSR count). The Balaban J connectivity index is 2.05. The van der Waals surface area contributed by atoms with Crippen LogP contribution in [0.1, 0.15) is 10.4 Å². The zero-order valence-corrected chi connectivity index (χ0v) is 13.8. The van der Waals surface area contributed by atoms with Crippen LogP contribution in [0.15, 0.2) is 71.6 Å². The number of sulfonamides is 1. The molecule has 24 heavy (non-hydrogen) atoms. The lowest BCUT2D eigenvalue weighted by atomic mass is 10.1. The second-order valence-corrected chi connectivity index (χ2v) is 7.37. The smallest absolute Gasteiger partial charge is 0.264 e. The molecule has 0 fully saturated rings. The highest BCUT2D eigenvalue weighted by atomic mass is 32.2. The van der Waals surface area contributed by atoms with Crippen LogP contribution in [-0.4, -0.2) is 21.4 Å². The van der Waals surface area contributed by atoms with Crippen LogP contribution in [0.3, 0.4) is 0 Å². The second-order valence-electron chi connectivity index (χ2n) is 5.40. The summed E-state index contributed by atoms with van der Waals surface area (Å²) in [7, 11) is -2.30. The van der Waals surface area contributed by atoms with Crippen LogP contribution >= 0.6 is 0 Å². The van der Waals surface area contributed by atoms with Crippen LogP contribution in [0, 0.1) is 0 Å². The van der Waals surface area contributed by atoms with Gasteiger partial charge in [0.2, 0.25) is 5.91 Å². The van der Waals surface area contributed by atoms with Crippen molar-refractivity contribution in [2.24, 2.45) is 5.73 Å². The molecule has 0 bridgehead atoms. The summed E-state index contributed by atoms with van der Waals surface area (Å²) in [6.45, 7) is 0. The average molecular weight is 340 g/mol. The Morgan fingerprint density at radius 1 is 0.917 bits per heavy atom. The third-order valence-electron chi connectivity index (χ3n) is 3.87. The minimum Gasteiger partial charge on any atom is -0.366 e. The second kappa shape index (κ2) is 5.98. The predicted molar refractivity (Wildman–Crippen MR) is 94.5 cm³/mol. The van der Waals surface area contributed by atoms with Crippen molar-refractivity contribution in [2.75, 3.05) is 11.4 Å². The number of nitrogens with zero attached hydrogens (tertiary/aromatic N) is 1. The lowest BCUT2D eigenvalue weighted by molar-refractivity contribution is 0.100. The van der Waals surface area contributed by atoms with E-state index in [0.717, 1.165) is 15.1 Å². The zero-order valence-electron chi connectivity index (χ0n) is 13.0. The number of hydrogen-bond donors (Lipinski definition) is 1. The normalized spacial score (nSPS) is 11.4. The molecule has 3 aromatic carbocycles. The number of amides is 1. The number of primary amides is 1. The van der Waals surface area contributed by atoms with Crippen molar-refractivity contribution in [3.63, 3.8) is 0 Å². The first-order chi connectivity index (χ1) is 11.4. The van der Waals surface area contributed by atoms with Gasteiger partial charge in [-0.2, -0.15) is 0 Å². The van der Waals surface area contributed by atoms with Gasteiger partial charge in [-0.1, -0.05) is 36.4 Å². The van der Waals surface area contributed by atoms with Crippen molar-refractivity contribution in [1.29, 1.82) is 0 Å². The molecule has 3 aromatic rings. The highest BCUT2D eigenvalue weighted by molar-refractivity contribution is 7.92. The largest absolute Gasteiger partial charge is 0.366 e. The number of anilines is 1. The fourth-order valence-electron chi connectivity index (χ4n) is 2.48. The van der Waals surface area contributed by atoms with E-state index in [0.29, 0.717) is 5.69 Å². The molecule has 0 spiro atoms. The fraction of sp³-hybridized carbons (Fsp3) is 0.0556. The van der Waals surface area contributed by atoms with Crippen molar-refractivity contribution in [1.82, 2.24) is 0 Å². The van der Waals surface area contributed by atoms with E-state index in [1.807, 2.05) is 24.3 Å². The topological polar surface area (TPSA) is 80.5 Å². The summed E-state index contributed by atoms with van der Waals surface area (Å²) in [6.07, 6.45) is 0. The van der Waals surface area contributed by atoms with Gasteiger partial charge in [0.1, 0.15) is 0 Å². The minimum absolute atomic E-state index is 0.188. The Morgan fingerprint density at radius 2 is 1.62 bits per heavy atom. The summed E-state index contributed by atoms with van der Waals surface area (Å²) in [5.74, 6) is -0.603. The standard InChI is InChI=1S/C18H16N2O3S/c1-20(16-8-4-7-15(11-16)18(19)21)24(22,23)17-10-9-13-5-2-3-6-14(13)12-17/h2-12H,1H3,(H2,19,21). The van der Waals surface area contributed by atoms with Gasteiger partial charge in [0.25, 0.3) is 10.0 Å². The maximum atomic E-state index is 12.9. The van der Waals surface area contributed by atoms with Crippen molar-refractivity contribution < 1.29 is 13.2 Å². The summed E-state index contributed by atoms with van der Waals surface area (Å²) >= 11 is 0. The molecule has 0 unspecified atom stereocenters. The van der Waals surface area contributed by atoms with E-state index in [-0.39, 0.29) is 10.5 Å². The number of benzene rings is 3.